The molecule has 21 heavy (non-hydrogen) atoms. The van der Waals surface area contributed by atoms with E-state index in [4.69, 9.17) is 10.5 Å². The highest BCUT2D eigenvalue weighted by Crippen LogP contribution is 2.31. The number of benzene rings is 1. The van der Waals surface area contributed by atoms with Crippen LogP contribution >= 0.6 is 15.9 Å². The van der Waals surface area contributed by atoms with Crippen LogP contribution in [0.1, 0.15) is 0 Å². The molecule has 0 amide bonds. The van der Waals surface area contributed by atoms with E-state index in [9.17, 15) is 10.1 Å². The molecule has 0 unspecified atom stereocenters. The number of anilines is 1. The first kappa shape index (κ1) is 13.2. The number of imidazole rings is 1. The zero-order chi connectivity index (χ0) is 15.0. The molecule has 3 aromatic rings. The Morgan fingerprint density at radius 3 is 2.90 bits per heavy atom. The van der Waals surface area contributed by atoms with Crippen LogP contribution in [0, 0.1) is 10.1 Å². The van der Waals surface area contributed by atoms with Crippen LogP contribution in [0.3, 0.4) is 0 Å². The molecular formula is C11H7BrN6O3. The summed E-state index contributed by atoms with van der Waals surface area (Å²) in [5, 5.41) is 10.9. The van der Waals surface area contributed by atoms with Gasteiger partial charge in [-0.1, -0.05) is 15.9 Å². The average Bonchev–Trinajstić information content (AvgIpc) is 2.86. The Morgan fingerprint density at radius 1 is 1.33 bits per heavy atom. The number of aromatic amines is 1. The Bertz CT molecular complexity index is 849. The molecule has 2 aromatic heterocycles. The number of nitrogens with zero attached hydrogens (tertiary/aromatic N) is 4. The molecule has 2 heterocycles. The minimum Gasteiger partial charge on any atom is -0.437 e. The summed E-state index contributed by atoms with van der Waals surface area (Å²) in [6.45, 7) is 0. The van der Waals surface area contributed by atoms with Crippen LogP contribution in [0.5, 0.6) is 11.6 Å². The molecule has 1 aromatic carbocycles. The number of nitro benzene ring substituents is 1. The number of nitrogen functional groups attached to an aromatic ring is 1. The highest BCUT2D eigenvalue weighted by atomic mass is 79.9. The van der Waals surface area contributed by atoms with Gasteiger partial charge in [0.15, 0.2) is 5.65 Å². The molecule has 10 heteroatoms. The first-order chi connectivity index (χ1) is 10.0. The highest BCUT2D eigenvalue weighted by Gasteiger charge is 2.14. The first-order valence-electron chi connectivity index (χ1n) is 5.62. The van der Waals surface area contributed by atoms with E-state index in [0.717, 1.165) is 0 Å². The van der Waals surface area contributed by atoms with Crippen molar-refractivity contribution in [3.05, 3.63) is 39.1 Å². The van der Waals surface area contributed by atoms with Crippen molar-refractivity contribution in [3.8, 4) is 11.6 Å². The summed E-state index contributed by atoms with van der Waals surface area (Å²) in [5.74, 6) is 0.376. The van der Waals surface area contributed by atoms with Gasteiger partial charge in [0.25, 0.3) is 11.6 Å². The predicted molar refractivity (Wildman–Crippen MR) is 77.0 cm³/mol. The van der Waals surface area contributed by atoms with E-state index in [1.807, 2.05) is 0 Å². The maximum atomic E-state index is 10.9. The lowest BCUT2D eigenvalue weighted by atomic mass is 10.3. The van der Waals surface area contributed by atoms with Gasteiger partial charge in [0.2, 0.25) is 5.95 Å². The number of nitrogens with two attached hydrogens (primary N) is 1. The van der Waals surface area contributed by atoms with E-state index in [1.54, 1.807) is 6.07 Å². The Labute approximate surface area is 125 Å². The number of hydrogen-bond acceptors (Lipinski definition) is 7. The van der Waals surface area contributed by atoms with Crippen molar-refractivity contribution >= 4 is 38.7 Å². The Morgan fingerprint density at radius 2 is 2.14 bits per heavy atom. The standard InChI is InChI=1S/C11H7BrN6O3/c12-5-1-6(18(19)20)3-7(2-5)21-10-8-9(15-4-14-8)16-11(13)17-10/h1-4H,(H3,13,14,15,16,17). The monoisotopic (exact) mass is 350 g/mol. The van der Waals surface area contributed by atoms with Crippen LogP contribution in [0.15, 0.2) is 29.0 Å². The van der Waals surface area contributed by atoms with Gasteiger partial charge in [-0.25, -0.2) is 4.98 Å². The van der Waals surface area contributed by atoms with Crippen molar-refractivity contribution < 1.29 is 9.66 Å². The molecule has 0 atom stereocenters. The summed E-state index contributed by atoms with van der Waals surface area (Å²) < 4.78 is 6.07. The van der Waals surface area contributed by atoms with E-state index >= 15 is 0 Å². The summed E-state index contributed by atoms with van der Waals surface area (Å²) in [6.07, 6.45) is 1.43. The number of rotatable bonds is 3. The first-order valence-corrected chi connectivity index (χ1v) is 6.41. The number of non-ortho nitro benzene ring substituents is 1. The van der Waals surface area contributed by atoms with E-state index in [1.165, 1.54) is 18.5 Å². The van der Waals surface area contributed by atoms with E-state index < -0.39 is 4.92 Å². The van der Waals surface area contributed by atoms with Crippen LogP contribution in [0.4, 0.5) is 11.6 Å². The lowest BCUT2D eigenvalue weighted by molar-refractivity contribution is -0.385. The summed E-state index contributed by atoms with van der Waals surface area (Å²) >= 11 is 3.19. The maximum Gasteiger partial charge on any atom is 0.274 e. The SMILES string of the molecule is Nc1nc(Oc2cc(Br)cc([N+](=O)[O-])c2)c2[nH]cnc2n1. The van der Waals surface area contributed by atoms with Crippen LogP contribution in [0.25, 0.3) is 11.2 Å². The summed E-state index contributed by atoms with van der Waals surface area (Å²) in [7, 11) is 0. The summed E-state index contributed by atoms with van der Waals surface area (Å²) in [4.78, 5) is 25.0. The Kier molecular flexibility index (Phi) is 3.14. The van der Waals surface area contributed by atoms with Gasteiger partial charge in [0, 0.05) is 10.5 Å². The van der Waals surface area contributed by atoms with Crippen LogP contribution in [-0.4, -0.2) is 24.9 Å². The van der Waals surface area contributed by atoms with Crippen molar-refractivity contribution in [2.24, 2.45) is 0 Å². The van der Waals surface area contributed by atoms with Crippen molar-refractivity contribution in [1.29, 1.82) is 0 Å². The molecular weight excluding hydrogens is 344 g/mol. The van der Waals surface area contributed by atoms with Crippen molar-refractivity contribution in [1.82, 2.24) is 19.9 Å². The molecule has 0 aliphatic heterocycles. The van der Waals surface area contributed by atoms with Crippen molar-refractivity contribution in [3.63, 3.8) is 0 Å². The molecule has 0 radical (unpaired) electrons. The number of hydrogen-bond donors (Lipinski definition) is 2. The van der Waals surface area contributed by atoms with E-state index in [-0.39, 0.29) is 23.3 Å². The van der Waals surface area contributed by atoms with E-state index in [2.05, 4.69) is 35.9 Å². The van der Waals surface area contributed by atoms with Gasteiger partial charge in [-0.2, -0.15) is 9.97 Å². The second-order valence-electron chi connectivity index (χ2n) is 3.99. The molecule has 0 saturated carbocycles. The van der Waals surface area contributed by atoms with Gasteiger partial charge in [0.1, 0.15) is 11.3 Å². The minimum atomic E-state index is -0.516. The fraction of sp³-hybridized carbons (Fsp3) is 0. The fourth-order valence-electron chi connectivity index (χ4n) is 1.72. The van der Waals surface area contributed by atoms with Crippen molar-refractivity contribution in [2.75, 3.05) is 5.73 Å². The number of ether oxygens (including phenoxy) is 1. The Hall–Kier alpha value is -2.75. The molecule has 0 spiro atoms. The van der Waals surface area contributed by atoms with E-state index in [0.29, 0.717) is 15.6 Å². The van der Waals surface area contributed by atoms with Gasteiger partial charge in [-0.15, -0.1) is 0 Å². The molecule has 0 fully saturated rings. The predicted octanol–water partition coefficient (Wildman–Crippen LogP) is 2.40. The Balaban J connectivity index is 2.06. The quantitative estimate of drug-likeness (QED) is 0.547. The molecule has 3 N–H and O–H groups in total. The number of halogens is 1. The second kappa shape index (κ2) is 4.98. The molecule has 3 rings (SSSR count). The zero-order valence-electron chi connectivity index (χ0n) is 10.3. The third kappa shape index (κ3) is 2.60. The second-order valence-corrected chi connectivity index (χ2v) is 4.91. The number of nitrogens with one attached hydrogen (secondary N) is 1. The molecule has 0 aliphatic carbocycles. The largest absolute Gasteiger partial charge is 0.437 e. The molecule has 106 valence electrons. The van der Waals surface area contributed by atoms with Crippen molar-refractivity contribution in [2.45, 2.75) is 0 Å². The fourth-order valence-corrected chi connectivity index (χ4v) is 2.18. The normalized spacial score (nSPS) is 10.7. The van der Waals surface area contributed by atoms with Gasteiger partial charge in [-0.05, 0) is 6.07 Å². The topological polar surface area (TPSA) is 133 Å². The lowest BCUT2D eigenvalue weighted by Crippen LogP contribution is -1.99. The zero-order valence-corrected chi connectivity index (χ0v) is 11.9. The molecule has 9 nitrogen and oxygen atoms in total. The van der Waals surface area contributed by atoms with Gasteiger partial charge < -0.3 is 15.5 Å². The number of nitro groups is 1. The molecule has 0 saturated heterocycles. The smallest absolute Gasteiger partial charge is 0.274 e. The van der Waals surface area contributed by atoms with Crippen LogP contribution < -0.4 is 10.5 Å². The molecule has 0 bridgehead atoms. The third-order valence-corrected chi connectivity index (χ3v) is 3.01. The van der Waals surface area contributed by atoms with Gasteiger partial charge in [0.05, 0.1) is 17.3 Å². The highest BCUT2D eigenvalue weighted by molar-refractivity contribution is 9.10. The molecule has 0 aliphatic rings. The summed E-state index contributed by atoms with van der Waals surface area (Å²) in [5.41, 5.74) is 6.26. The minimum absolute atomic E-state index is 0.00547. The third-order valence-electron chi connectivity index (χ3n) is 2.55. The number of H-pyrrole nitrogens is 1. The average molecular weight is 351 g/mol. The van der Waals surface area contributed by atoms with Gasteiger partial charge >= 0.3 is 0 Å². The van der Waals surface area contributed by atoms with Crippen LogP contribution in [-0.2, 0) is 0 Å². The van der Waals surface area contributed by atoms with Gasteiger partial charge in [-0.3, -0.25) is 10.1 Å². The van der Waals surface area contributed by atoms with Crippen LogP contribution in [0.2, 0.25) is 0 Å². The summed E-state index contributed by atoms with van der Waals surface area (Å²) in [6, 6.07) is 4.23. The number of fused-ring (bicyclic) bond motifs is 1. The number of aromatic nitrogens is 4. The maximum absolute atomic E-state index is 10.9. The lowest BCUT2D eigenvalue weighted by Gasteiger charge is -2.06.